The van der Waals surface area contributed by atoms with Gasteiger partial charge in [-0.25, -0.2) is 0 Å². The second-order valence-electron chi connectivity index (χ2n) is 8.09. The summed E-state index contributed by atoms with van der Waals surface area (Å²) in [5, 5.41) is 1.55. The Morgan fingerprint density at radius 1 is 0.970 bits per heavy atom. The smallest absolute Gasteiger partial charge is 0.195 e. The summed E-state index contributed by atoms with van der Waals surface area (Å²) in [6, 6.07) is 21.0. The monoisotopic (exact) mass is 461 g/mol. The Bertz CT molecular complexity index is 1230. The Kier molecular flexibility index (Phi) is 7.48. The number of carbonyl (C=O) groups is 1. The van der Waals surface area contributed by atoms with Crippen molar-refractivity contribution in [2.75, 3.05) is 13.7 Å². The summed E-state index contributed by atoms with van der Waals surface area (Å²) < 4.78 is 13.4. The molecule has 0 saturated heterocycles. The minimum absolute atomic E-state index is 0.0113. The van der Waals surface area contributed by atoms with Crippen molar-refractivity contribution in [2.24, 2.45) is 0 Å². The van der Waals surface area contributed by atoms with Gasteiger partial charge in [-0.15, -0.1) is 0 Å². The van der Waals surface area contributed by atoms with Crippen LogP contribution >= 0.6 is 11.6 Å². The molecular weight excluding hydrogens is 434 g/mol. The molecule has 0 bridgehead atoms. The first-order valence-electron chi connectivity index (χ1n) is 11.3. The standard InChI is InChI=1S/C28H28ClNO3/c1-3-4-16-30-19-26(28(31)21-7-5-20(6-8-21)15-17-32-2)25-18-24(13-14-27(25)30)33-23-11-9-22(29)10-12-23/h5-14,18-19H,3-4,15-17H2,1-2H3. The molecule has 170 valence electrons. The van der Waals surface area contributed by atoms with Crippen LogP contribution in [0, 0.1) is 0 Å². The molecule has 0 fully saturated rings. The maximum Gasteiger partial charge on any atom is 0.195 e. The third-order valence-electron chi connectivity index (χ3n) is 5.71. The van der Waals surface area contributed by atoms with Crippen molar-refractivity contribution in [3.8, 4) is 11.5 Å². The second kappa shape index (κ2) is 10.7. The van der Waals surface area contributed by atoms with Crippen molar-refractivity contribution in [1.82, 2.24) is 4.57 Å². The van der Waals surface area contributed by atoms with Gasteiger partial charge in [0.05, 0.1) is 6.61 Å². The zero-order chi connectivity index (χ0) is 23.2. The molecule has 4 aromatic rings. The zero-order valence-corrected chi connectivity index (χ0v) is 19.8. The summed E-state index contributed by atoms with van der Waals surface area (Å²) in [6.07, 6.45) is 4.94. The molecule has 0 unspecified atom stereocenters. The van der Waals surface area contributed by atoms with Gasteiger partial charge in [-0.1, -0.05) is 49.2 Å². The number of ketones is 1. The van der Waals surface area contributed by atoms with Crippen molar-refractivity contribution >= 4 is 28.3 Å². The quantitative estimate of drug-likeness (QED) is 0.232. The largest absolute Gasteiger partial charge is 0.457 e. The van der Waals surface area contributed by atoms with Gasteiger partial charge in [-0.05, 0) is 60.9 Å². The van der Waals surface area contributed by atoms with Crippen LogP contribution in [0.5, 0.6) is 11.5 Å². The molecule has 33 heavy (non-hydrogen) atoms. The van der Waals surface area contributed by atoms with Crippen LogP contribution in [-0.4, -0.2) is 24.1 Å². The van der Waals surface area contributed by atoms with Crippen molar-refractivity contribution in [2.45, 2.75) is 32.7 Å². The Labute approximate surface area is 199 Å². The van der Waals surface area contributed by atoms with Crippen molar-refractivity contribution in [3.05, 3.63) is 94.6 Å². The first-order chi connectivity index (χ1) is 16.1. The number of halogens is 1. The number of aryl methyl sites for hydroxylation is 1. The summed E-state index contributed by atoms with van der Waals surface area (Å²) in [5.41, 5.74) is 3.55. The third kappa shape index (κ3) is 5.47. The van der Waals surface area contributed by atoms with E-state index in [0.717, 1.165) is 42.3 Å². The number of ether oxygens (including phenoxy) is 2. The Hall–Kier alpha value is -3.08. The molecule has 0 amide bonds. The number of carbonyl (C=O) groups excluding carboxylic acids is 1. The predicted octanol–water partition coefficient (Wildman–Crippen LogP) is 7.31. The van der Waals surface area contributed by atoms with Crippen LogP contribution in [0.25, 0.3) is 10.9 Å². The van der Waals surface area contributed by atoms with Crippen LogP contribution in [0.4, 0.5) is 0 Å². The van der Waals surface area contributed by atoms with E-state index in [0.29, 0.717) is 34.3 Å². The molecule has 4 nitrogen and oxygen atoms in total. The number of methoxy groups -OCH3 is 1. The number of fused-ring (bicyclic) bond motifs is 1. The van der Waals surface area contributed by atoms with E-state index in [-0.39, 0.29) is 5.78 Å². The fraction of sp³-hybridized carbons (Fsp3) is 0.250. The van der Waals surface area contributed by atoms with Gasteiger partial charge < -0.3 is 14.0 Å². The fourth-order valence-corrected chi connectivity index (χ4v) is 4.00. The number of hydrogen-bond donors (Lipinski definition) is 0. The molecule has 0 atom stereocenters. The number of aromatic nitrogens is 1. The van der Waals surface area contributed by atoms with E-state index in [1.165, 1.54) is 0 Å². The van der Waals surface area contributed by atoms with Crippen LogP contribution < -0.4 is 4.74 Å². The third-order valence-corrected chi connectivity index (χ3v) is 5.96. The Balaban J connectivity index is 1.68. The van der Waals surface area contributed by atoms with Crippen LogP contribution in [0.2, 0.25) is 5.02 Å². The Morgan fingerprint density at radius 2 is 1.70 bits per heavy atom. The van der Waals surface area contributed by atoms with Gasteiger partial charge in [0, 0.05) is 46.9 Å². The summed E-state index contributed by atoms with van der Waals surface area (Å²) in [5.74, 6) is 1.39. The van der Waals surface area contributed by atoms with E-state index in [9.17, 15) is 4.79 Å². The zero-order valence-electron chi connectivity index (χ0n) is 19.0. The van der Waals surface area contributed by atoms with Gasteiger partial charge in [0.25, 0.3) is 0 Å². The lowest BCUT2D eigenvalue weighted by Gasteiger charge is -2.08. The highest BCUT2D eigenvalue weighted by atomic mass is 35.5. The molecule has 0 saturated carbocycles. The molecule has 0 spiro atoms. The van der Waals surface area contributed by atoms with Gasteiger partial charge in [0.1, 0.15) is 11.5 Å². The highest BCUT2D eigenvalue weighted by molar-refractivity contribution is 6.30. The maximum atomic E-state index is 13.5. The molecule has 0 aliphatic rings. The van der Waals surface area contributed by atoms with E-state index in [1.54, 1.807) is 19.2 Å². The minimum Gasteiger partial charge on any atom is -0.457 e. The summed E-state index contributed by atoms with van der Waals surface area (Å²) in [7, 11) is 1.69. The van der Waals surface area contributed by atoms with E-state index >= 15 is 0 Å². The topological polar surface area (TPSA) is 40.5 Å². The average molecular weight is 462 g/mol. The number of nitrogens with zero attached hydrogens (tertiary/aromatic N) is 1. The van der Waals surface area contributed by atoms with E-state index < -0.39 is 0 Å². The van der Waals surface area contributed by atoms with Crippen molar-refractivity contribution in [1.29, 1.82) is 0 Å². The van der Waals surface area contributed by atoms with Gasteiger partial charge in [0.15, 0.2) is 5.78 Å². The highest BCUT2D eigenvalue weighted by Gasteiger charge is 2.18. The van der Waals surface area contributed by atoms with Gasteiger partial charge in [-0.2, -0.15) is 0 Å². The van der Waals surface area contributed by atoms with Gasteiger partial charge in [0.2, 0.25) is 0 Å². The molecule has 0 N–H and O–H groups in total. The molecule has 1 heterocycles. The summed E-state index contributed by atoms with van der Waals surface area (Å²) in [6.45, 7) is 3.70. The van der Waals surface area contributed by atoms with E-state index in [1.807, 2.05) is 60.8 Å². The lowest BCUT2D eigenvalue weighted by Crippen LogP contribution is -2.02. The van der Waals surface area contributed by atoms with Gasteiger partial charge >= 0.3 is 0 Å². The SMILES string of the molecule is CCCCn1cc(C(=O)c2ccc(CCOC)cc2)c2cc(Oc3ccc(Cl)cc3)ccc21. The summed E-state index contributed by atoms with van der Waals surface area (Å²) in [4.78, 5) is 13.5. The normalized spacial score (nSPS) is 11.1. The van der Waals surface area contributed by atoms with E-state index in [2.05, 4.69) is 11.5 Å². The first kappa shape index (κ1) is 23.1. The highest BCUT2D eigenvalue weighted by Crippen LogP contribution is 2.31. The maximum absolute atomic E-state index is 13.5. The van der Waals surface area contributed by atoms with Crippen LogP contribution in [0.3, 0.4) is 0 Å². The lowest BCUT2D eigenvalue weighted by atomic mass is 10.0. The number of unbranched alkanes of at least 4 members (excludes halogenated alkanes) is 1. The molecule has 1 aromatic heterocycles. The number of hydrogen-bond acceptors (Lipinski definition) is 3. The predicted molar refractivity (Wildman–Crippen MR) is 134 cm³/mol. The minimum atomic E-state index is 0.0113. The van der Waals surface area contributed by atoms with Crippen molar-refractivity contribution in [3.63, 3.8) is 0 Å². The van der Waals surface area contributed by atoms with E-state index in [4.69, 9.17) is 21.1 Å². The first-order valence-corrected chi connectivity index (χ1v) is 11.7. The second-order valence-corrected chi connectivity index (χ2v) is 8.53. The summed E-state index contributed by atoms with van der Waals surface area (Å²) >= 11 is 5.98. The molecule has 3 aromatic carbocycles. The van der Waals surface area contributed by atoms with Gasteiger partial charge in [-0.3, -0.25) is 4.79 Å². The van der Waals surface area contributed by atoms with Crippen LogP contribution in [-0.2, 0) is 17.7 Å². The molecule has 0 aliphatic carbocycles. The van der Waals surface area contributed by atoms with Crippen LogP contribution in [0.1, 0.15) is 41.3 Å². The van der Waals surface area contributed by atoms with Crippen LogP contribution in [0.15, 0.2) is 72.9 Å². The number of benzene rings is 3. The molecule has 5 heteroatoms. The molecule has 4 rings (SSSR count). The Morgan fingerprint density at radius 3 is 2.39 bits per heavy atom. The van der Waals surface area contributed by atoms with Crippen molar-refractivity contribution < 1.29 is 14.3 Å². The molecule has 0 radical (unpaired) electrons. The molecular formula is C28H28ClNO3. The number of rotatable bonds is 10. The fourth-order valence-electron chi connectivity index (χ4n) is 3.87. The molecule has 0 aliphatic heterocycles. The lowest BCUT2D eigenvalue weighted by molar-refractivity contribution is 0.104. The average Bonchev–Trinajstić information content (AvgIpc) is 3.20.